The number of pyridine rings is 1. The Morgan fingerprint density at radius 2 is 2.28 bits per heavy atom. The molecule has 1 heterocycles. The first-order valence-electron chi connectivity index (χ1n) is 6.41. The summed E-state index contributed by atoms with van der Waals surface area (Å²) in [6.45, 7) is 2.78. The van der Waals surface area contributed by atoms with Crippen LogP contribution in [0.3, 0.4) is 0 Å². The second kappa shape index (κ2) is 6.43. The van der Waals surface area contributed by atoms with Gasteiger partial charge in [0.25, 0.3) is 0 Å². The van der Waals surface area contributed by atoms with E-state index in [1.807, 2.05) is 19.1 Å². The summed E-state index contributed by atoms with van der Waals surface area (Å²) in [5, 5.41) is 0. The number of aromatic nitrogens is 1. The molecule has 0 atom stereocenters. The van der Waals surface area contributed by atoms with Gasteiger partial charge in [-0.1, -0.05) is 0 Å². The summed E-state index contributed by atoms with van der Waals surface area (Å²) in [5.74, 6) is 0.800. The maximum Gasteiger partial charge on any atom is 0.139 e. The third-order valence-electron chi connectivity index (χ3n) is 3.28. The molecule has 0 saturated heterocycles. The highest BCUT2D eigenvalue weighted by Crippen LogP contribution is 2.33. The lowest BCUT2D eigenvalue weighted by Gasteiger charge is -2.34. The summed E-state index contributed by atoms with van der Waals surface area (Å²) in [7, 11) is 0. The van der Waals surface area contributed by atoms with Gasteiger partial charge in [0, 0.05) is 35.8 Å². The van der Waals surface area contributed by atoms with Crippen molar-refractivity contribution in [2.75, 3.05) is 6.61 Å². The van der Waals surface area contributed by atoms with Crippen LogP contribution in [0.25, 0.3) is 0 Å². The number of rotatable bonds is 6. The Kier molecular flexibility index (Phi) is 4.89. The quantitative estimate of drug-likeness (QED) is 0.810. The van der Waals surface area contributed by atoms with Gasteiger partial charge in [0.2, 0.25) is 0 Å². The van der Waals surface area contributed by atoms with E-state index < -0.39 is 0 Å². The SMILES string of the molecule is CCOC1CC(CC(=O)Cc2ccc(Br)cn2)C1. The molecule has 1 saturated carbocycles. The zero-order valence-corrected chi connectivity index (χ0v) is 12.1. The monoisotopic (exact) mass is 311 g/mol. The largest absolute Gasteiger partial charge is 0.378 e. The summed E-state index contributed by atoms with van der Waals surface area (Å²) in [4.78, 5) is 16.1. The van der Waals surface area contributed by atoms with Crippen molar-refractivity contribution >= 4 is 21.7 Å². The molecule has 0 aliphatic heterocycles. The van der Waals surface area contributed by atoms with Crippen molar-refractivity contribution in [1.29, 1.82) is 0 Å². The maximum absolute atomic E-state index is 11.9. The van der Waals surface area contributed by atoms with Gasteiger partial charge in [-0.2, -0.15) is 0 Å². The van der Waals surface area contributed by atoms with Crippen LogP contribution in [0, 0.1) is 5.92 Å². The van der Waals surface area contributed by atoms with Crippen LogP contribution in [0.1, 0.15) is 31.9 Å². The molecule has 1 aromatic heterocycles. The lowest BCUT2D eigenvalue weighted by molar-refractivity contribution is -0.121. The maximum atomic E-state index is 11.9. The molecule has 0 unspecified atom stereocenters. The molecule has 1 aliphatic rings. The van der Waals surface area contributed by atoms with Crippen molar-refractivity contribution < 1.29 is 9.53 Å². The predicted octanol–water partition coefficient (Wildman–Crippen LogP) is 3.16. The number of hydrogen-bond donors (Lipinski definition) is 0. The number of ketones is 1. The van der Waals surface area contributed by atoms with Gasteiger partial charge < -0.3 is 4.74 Å². The van der Waals surface area contributed by atoms with Crippen molar-refractivity contribution in [3.8, 4) is 0 Å². The molecule has 0 spiro atoms. The van der Waals surface area contributed by atoms with E-state index in [1.165, 1.54) is 0 Å². The van der Waals surface area contributed by atoms with E-state index in [4.69, 9.17) is 4.74 Å². The molecule has 18 heavy (non-hydrogen) atoms. The first-order chi connectivity index (χ1) is 8.67. The molecule has 1 fully saturated rings. The first-order valence-corrected chi connectivity index (χ1v) is 7.20. The molecule has 4 heteroatoms. The predicted molar refractivity (Wildman–Crippen MR) is 73.4 cm³/mol. The Balaban J connectivity index is 1.72. The highest BCUT2D eigenvalue weighted by Gasteiger charge is 2.30. The number of ether oxygens (including phenoxy) is 1. The normalized spacial score (nSPS) is 22.6. The Bertz CT molecular complexity index is 399. The van der Waals surface area contributed by atoms with E-state index in [0.717, 1.165) is 29.6 Å². The fraction of sp³-hybridized carbons (Fsp3) is 0.571. The van der Waals surface area contributed by atoms with Gasteiger partial charge in [-0.3, -0.25) is 9.78 Å². The van der Waals surface area contributed by atoms with Crippen LogP contribution in [0.4, 0.5) is 0 Å². The minimum Gasteiger partial charge on any atom is -0.378 e. The van der Waals surface area contributed by atoms with Crippen LogP contribution in [0.2, 0.25) is 0 Å². The topological polar surface area (TPSA) is 39.2 Å². The first kappa shape index (κ1) is 13.7. The zero-order chi connectivity index (χ0) is 13.0. The Labute approximate surface area is 116 Å². The molecular weight excluding hydrogens is 294 g/mol. The lowest BCUT2D eigenvalue weighted by atomic mass is 9.78. The molecule has 0 N–H and O–H groups in total. The molecule has 3 nitrogen and oxygen atoms in total. The van der Waals surface area contributed by atoms with Gasteiger partial charge in [0.1, 0.15) is 5.78 Å². The van der Waals surface area contributed by atoms with Crippen molar-refractivity contribution in [2.24, 2.45) is 5.92 Å². The van der Waals surface area contributed by atoms with Gasteiger partial charge in [-0.05, 0) is 53.7 Å². The van der Waals surface area contributed by atoms with E-state index in [1.54, 1.807) is 6.20 Å². The fourth-order valence-corrected chi connectivity index (χ4v) is 2.55. The van der Waals surface area contributed by atoms with Gasteiger partial charge in [0.05, 0.1) is 6.10 Å². The molecule has 1 aliphatic carbocycles. The van der Waals surface area contributed by atoms with Gasteiger partial charge in [0.15, 0.2) is 0 Å². The number of halogens is 1. The Morgan fingerprint density at radius 3 is 2.89 bits per heavy atom. The highest BCUT2D eigenvalue weighted by molar-refractivity contribution is 9.10. The molecule has 0 radical (unpaired) electrons. The van der Waals surface area contributed by atoms with E-state index in [-0.39, 0.29) is 5.78 Å². The molecule has 1 aromatic rings. The lowest BCUT2D eigenvalue weighted by Crippen LogP contribution is -2.33. The van der Waals surface area contributed by atoms with E-state index in [2.05, 4.69) is 20.9 Å². The summed E-state index contributed by atoms with van der Waals surface area (Å²) >= 11 is 3.33. The smallest absolute Gasteiger partial charge is 0.139 e. The summed E-state index contributed by atoms with van der Waals surface area (Å²) in [6, 6.07) is 3.82. The van der Waals surface area contributed by atoms with E-state index in [9.17, 15) is 4.79 Å². The van der Waals surface area contributed by atoms with Crippen LogP contribution in [-0.4, -0.2) is 23.5 Å². The zero-order valence-electron chi connectivity index (χ0n) is 10.6. The average Bonchev–Trinajstić information content (AvgIpc) is 2.29. The number of Topliss-reactive ketones (excluding diaryl/α,β-unsaturated/α-hetero) is 1. The van der Waals surface area contributed by atoms with Gasteiger partial charge in [-0.25, -0.2) is 0 Å². The number of hydrogen-bond acceptors (Lipinski definition) is 3. The number of nitrogens with zero attached hydrogens (tertiary/aromatic N) is 1. The summed E-state index contributed by atoms with van der Waals surface area (Å²) in [6.07, 6.45) is 5.31. The van der Waals surface area contributed by atoms with Crippen molar-refractivity contribution in [3.63, 3.8) is 0 Å². The van der Waals surface area contributed by atoms with Crippen LogP contribution in [0.15, 0.2) is 22.8 Å². The Hall–Kier alpha value is -0.740. The van der Waals surface area contributed by atoms with E-state index >= 15 is 0 Å². The molecule has 2 rings (SSSR count). The van der Waals surface area contributed by atoms with Crippen molar-refractivity contribution in [3.05, 3.63) is 28.5 Å². The molecule has 98 valence electrons. The Morgan fingerprint density at radius 1 is 1.50 bits per heavy atom. The average molecular weight is 312 g/mol. The van der Waals surface area contributed by atoms with Crippen molar-refractivity contribution in [1.82, 2.24) is 4.98 Å². The minimum absolute atomic E-state index is 0.282. The molecule has 0 amide bonds. The standard InChI is InChI=1S/C14H18BrNO2/c1-2-18-14-6-10(7-14)5-13(17)8-12-4-3-11(15)9-16-12/h3-4,9-10,14H,2,5-8H2,1H3. The summed E-state index contributed by atoms with van der Waals surface area (Å²) in [5.41, 5.74) is 0.851. The van der Waals surface area contributed by atoms with Crippen LogP contribution < -0.4 is 0 Å². The van der Waals surface area contributed by atoms with Crippen molar-refractivity contribution in [2.45, 2.75) is 38.7 Å². The summed E-state index contributed by atoms with van der Waals surface area (Å²) < 4.78 is 6.43. The van der Waals surface area contributed by atoms with Crippen LogP contribution in [-0.2, 0) is 16.0 Å². The third-order valence-corrected chi connectivity index (χ3v) is 3.75. The van der Waals surface area contributed by atoms with Crippen LogP contribution >= 0.6 is 15.9 Å². The third kappa shape index (κ3) is 3.89. The molecule has 0 aromatic carbocycles. The van der Waals surface area contributed by atoms with Gasteiger partial charge >= 0.3 is 0 Å². The minimum atomic E-state index is 0.282. The second-order valence-corrected chi connectivity index (χ2v) is 5.72. The number of carbonyl (C=O) groups is 1. The fourth-order valence-electron chi connectivity index (χ4n) is 2.32. The molecule has 0 bridgehead atoms. The number of carbonyl (C=O) groups excluding carboxylic acids is 1. The second-order valence-electron chi connectivity index (χ2n) is 4.80. The molecular formula is C14H18BrNO2. The van der Waals surface area contributed by atoms with Crippen LogP contribution in [0.5, 0.6) is 0 Å². The van der Waals surface area contributed by atoms with Gasteiger partial charge in [-0.15, -0.1) is 0 Å². The highest BCUT2D eigenvalue weighted by atomic mass is 79.9. The van der Waals surface area contributed by atoms with E-state index in [0.29, 0.717) is 24.9 Å².